The van der Waals surface area contributed by atoms with Crippen LogP contribution in [0.25, 0.3) is 0 Å². The van der Waals surface area contributed by atoms with Crippen molar-refractivity contribution in [3.63, 3.8) is 0 Å². The lowest BCUT2D eigenvalue weighted by molar-refractivity contribution is -0.137. The van der Waals surface area contributed by atoms with Crippen LogP contribution in [-0.4, -0.2) is 26.3 Å². The van der Waals surface area contributed by atoms with E-state index in [0.717, 1.165) is 18.6 Å². The summed E-state index contributed by atoms with van der Waals surface area (Å²) in [5.74, 6) is 1.81. The second-order valence-corrected chi connectivity index (χ2v) is 9.28. The SMILES string of the molecule is C=C(C[C@H](CCCCCC)[C@H](C[C@@H](C)OC)C(C)(C)c1ccc(OC)cc1)OC(C)=O. The predicted octanol–water partition coefficient (Wildman–Crippen LogP) is 7.07. The third kappa shape index (κ3) is 9.06. The van der Waals surface area contributed by atoms with Gasteiger partial charge in [-0.15, -0.1) is 0 Å². The van der Waals surface area contributed by atoms with Crippen LogP contribution >= 0.6 is 0 Å². The molecule has 3 atom stereocenters. The highest BCUT2D eigenvalue weighted by atomic mass is 16.5. The summed E-state index contributed by atoms with van der Waals surface area (Å²) < 4.78 is 16.4. The molecule has 1 aromatic carbocycles. The first-order valence-electron chi connectivity index (χ1n) is 11.7. The van der Waals surface area contributed by atoms with E-state index in [0.29, 0.717) is 24.0 Å². The number of rotatable bonds is 15. The number of benzene rings is 1. The van der Waals surface area contributed by atoms with Crippen molar-refractivity contribution in [1.29, 1.82) is 0 Å². The molecule has 0 heterocycles. The van der Waals surface area contributed by atoms with Crippen LogP contribution in [0.15, 0.2) is 36.6 Å². The highest BCUT2D eigenvalue weighted by Gasteiger charge is 2.38. The molecule has 1 aromatic rings. The van der Waals surface area contributed by atoms with Crippen molar-refractivity contribution in [2.75, 3.05) is 14.2 Å². The summed E-state index contributed by atoms with van der Waals surface area (Å²) in [6, 6.07) is 8.39. The molecule has 0 unspecified atom stereocenters. The molecule has 4 nitrogen and oxygen atoms in total. The zero-order valence-electron chi connectivity index (χ0n) is 20.8. The van der Waals surface area contributed by atoms with Crippen LogP contribution in [0.1, 0.15) is 85.1 Å². The van der Waals surface area contributed by atoms with Gasteiger partial charge in [0.1, 0.15) is 11.5 Å². The normalized spacial score (nSPS) is 14.5. The second kappa shape index (κ2) is 13.6. The van der Waals surface area contributed by atoms with Gasteiger partial charge in [0.2, 0.25) is 0 Å². The van der Waals surface area contributed by atoms with E-state index in [2.05, 4.69) is 46.4 Å². The van der Waals surface area contributed by atoms with Gasteiger partial charge in [-0.2, -0.15) is 0 Å². The van der Waals surface area contributed by atoms with Crippen LogP contribution in [0.5, 0.6) is 5.75 Å². The summed E-state index contributed by atoms with van der Waals surface area (Å²) in [7, 11) is 3.46. The third-order valence-electron chi connectivity index (χ3n) is 6.52. The first kappa shape index (κ1) is 27.2. The number of allylic oxidation sites excluding steroid dienone is 1. The van der Waals surface area contributed by atoms with Gasteiger partial charge in [0.25, 0.3) is 0 Å². The van der Waals surface area contributed by atoms with E-state index in [9.17, 15) is 4.79 Å². The van der Waals surface area contributed by atoms with Gasteiger partial charge in [0.15, 0.2) is 0 Å². The molecule has 0 fully saturated rings. The van der Waals surface area contributed by atoms with E-state index in [1.807, 2.05) is 12.1 Å². The largest absolute Gasteiger partial charge is 0.497 e. The summed E-state index contributed by atoms with van der Waals surface area (Å²) in [6.07, 6.45) is 7.70. The molecule has 0 saturated carbocycles. The molecule has 0 aliphatic rings. The molecule has 0 aliphatic heterocycles. The average Bonchev–Trinajstić information content (AvgIpc) is 2.73. The highest BCUT2D eigenvalue weighted by Crippen LogP contribution is 2.44. The Labute approximate surface area is 190 Å². The molecule has 1 rings (SSSR count). The molecule has 0 radical (unpaired) electrons. The van der Waals surface area contributed by atoms with Crippen molar-refractivity contribution in [1.82, 2.24) is 0 Å². The predicted molar refractivity (Wildman–Crippen MR) is 128 cm³/mol. The van der Waals surface area contributed by atoms with Crippen LogP contribution in [0, 0.1) is 11.8 Å². The van der Waals surface area contributed by atoms with Crippen LogP contribution in [0.3, 0.4) is 0 Å². The maximum Gasteiger partial charge on any atom is 0.307 e. The van der Waals surface area contributed by atoms with Gasteiger partial charge in [-0.25, -0.2) is 0 Å². The molecule has 31 heavy (non-hydrogen) atoms. The van der Waals surface area contributed by atoms with Gasteiger partial charge in [0, 0.05) is 20.5 Å². The van der Waals surface area contributed by atoms with Crippen LogP contribution in [-0.2, 0) is 19.7 Å². The Balaban J connectivity index is 3.24. The maximum atomic E-state index is 11.5. The molecule has 0 amide bonds. The summed E-state index contributed by atoms with van der Waals surface area (Å²) in [4.78, 5) is 11.5. The molecule has 0 saturated heterocycles. The number of unbranched alkanes of at least 4 members (excludes halogenated alkanes) is 3. The zero-order valence-corrected chi connectivity index (χ0v) is 20.8. The van der Waals surface area contributed by atoms with Gasteiger partial charge in [-0.1, -0.05) is 65.2 Å². The number of esters is 1. The Morgan fingerprint density at radius 1 is 1.10 bits per heavy atom. The van der Waals surface area contributed by atoms with E-state index in [1.165, 1.54) is 38.2 Å². The zero-order chi connectivity index (χ0) is 23.4. The summed E-state index contributed by atoms with van der Waals surface area (Å²) in [6.45, 7) is 14.5. The van der Waals surface area contributed by atoms with Gasteiger partial charge < -0.3 is 14.2 Å². The molecular weight excluding hydrogens is 388 g/mol. The minimum Gasteiger partial charge on any atom is -0.497 e. The number of methoxy groups -OCH3 is 2. The number of hydrogen-bond acceptors (Lipinski definition) is 4. The van der Waals surface area contributed by atoms with Crippen molar-refractivity contribution in [3.05, 3.63) is 42.2 Å². The number of carbonyl (C=O) groups excluding carboxylic acids is 1. The van der Waals surface area contributed by atoms with Crippen LogP contribution in [0.2, 0.25) is 0 Å². The minimum atomic E-state index is -0.300. The smallest absolute Gasteiger partial charge is 0.307 e. The fraction of sp³-hybridized carbons (Fsp3) is 0.667. The molecule has 0 aliphatic carbocycles. The van der Waals surface area contributed by atoms with E-state index >= 15 is 0 Å². The van der Waals surface area contributed by atoms with Crippen molar-refractivity contribution < 1.29 is 19.0 Å². The quantitative estimate of drug-likeness (QED) is 0.169. The molecule has 0 bridgehead atoms. The van der Waals surface area contributed by atoms with Crippen molar-refractivity contribution in [2.24, 2.45) is 11.8 Å². The van der Waals surface area contributed by atoms with Crippen LogP contribution in [0.4, 0.5) is 0 Å². The fourth-order valence-electron chi connectivity index (χ4n) is 4.58. The summed E-state index contributed by atoms with van der Waals surface area (Å²) in [5.41, 5.74) is 1.18. The van der Waals surface area contributed by atoms with E-state index in [4.69, 9.17) is 14.2 Å². The van der Waals surface area contributed by atoms with Crippen LogP contribution < -0.4 is 4.74 Å². The molecule has 0 aromatic heterocycles. The molecule has 0 spiro atoms. The van der Waals surface area contributed by atoms with Gasteiger partial charge >= 0.3 is 5.97 Å². The Hall–Kier alpha value is -1.81. The van der Waals surface area contributed by atoms with Crippen molar-refractivity contribution in [2.45, 2.75) is 91.1 Å². The monoisotopic (exact) mass is 432 g/mol. The molecule has 4 heteroatoms. The van der Waals surface area contributed by atoms with E-state index in [1.54, 1.807) is 14.2 Å². The van der Waals surface area contributed by atoms with E-state index < -0.39 is 0 Å². The number of hydrogen-bond donors (Lipinski definition) is 0. The number of ether oxygens (including phenoxy) is 3. The lowest BCUT2D eigenvalue weighted by Gasteiger charge is -2.42. The lowest BCUT2D eigenvalue weighted by Crippen LogP contribution is -2.37. The van der Waals surface area contributed by atoms with Crippen molar-refractivity contribution in [3.8, 4) is 5.75 Å². The van der Waals surface area contributed by atoms with Gasteiger partial charge in [-0.3, -0.25) is 4.79 Å². The standard InChI is InChI=1S/C27H44O4/c1-9-10-11-12-13-23(18-21(3)31-22(4)28)26(19-20(2)29-7)27(5,6)24-14-16-25(30-8)17-15-24/h14-17,20,23,26H,3,9-13,18-19H2,1-2,4-8H3/t20-,23+,26+/m1/s1. The summed E-state index contributed by atoms with van der Waals surface area (Å²) in [5, 5.41) is 0. The first-order chi connectivity index (χ1) is 14.6. The third-order valence-corrected chi connectivity index (χ3v) is 6.52. The first-order valence-corrected chi connectivity index (χ1v) is 11.7. The average molecular weight is 433 g/mol. The minimum absolute atomic E-state index is 0.0923. The fourth-order valence-corrected chi connectivity index (χ4v) is 4.58. The van der Waals surface area contributed by atoms with E-state index in [-0.39, 0.29) is 17.5 Å². The lowest BCUT2D eigenvalue weighted by atomic mass is 9.64. The van der Waals surface area contributed by atoms with Gasteiger partial charge in [0.05, 0.1) is 13.2 Å². The molecule has 176 valence electrons. The Morgan fingerprint density at radius 2 is 1.74 bits per heavy atom. The van der Waals surface area contributed by atoms with Gasteiger partial charge in [-0.05, 0) is 54.7 Å². The van der Waals surface area contributed by atoms with Crippen molar-refractivity contribution >= 4 is 5.97 Å². The Kier molecular flexibility index (Phi) is 11.9. The Morgan fingerprint density at radius 3 is 2.26 bits per heavy atom. The molecular formula is C27H44O4. The second-order valence-electron chi connectivity index (χ2n) is 9.28. The molecule has 0 N–H and O–H groups in total. The highest BCUT2D eigenvalue weighted by molar-refractivity contribution is 5.67. The topological polar surface area (TPSA) is 44.8 Å². The Bertz CT molecular complexity index is 662. The summed E-state index contributed by atoms with van der Waals surface area (Å²) >= 11 is 0. The number of carbonyl (C=O) groups is 1. The maximum absolute atomic E-state index is 11.5.